The summed E-state index contributed by atoms with van der Waals surface area (Å²) >= 11 is 1.55. The maximum Gasteiger partial charge on any atom is 0.302 e. The fourth-order valence-corrected chi connectivity index (χ4v) is 2.91. The number of anilines is 2. The van der Waals surface area contributed by atoms with Crippen LogP contribution in [-0.2, 0) is 16.0 Å². The summed E-state index contributed by atoms with van der Waals surface area (Å²) in [7, 11) is 0. The van der Waals surface area contributed by atoms with Crippen LogP contribution >= 0.6 is 11.3 Å². The van der Waals surface area contributed by atoms with Gasteiger partial charge >= 0.3 is 5.97 Å². The Labute approximate surface area is 144 Å². The van der Waals surface area contributed by atoms with E-state index in [4.69, 9.17) is 4.74 Å². The number of esters is 1. The van der Waals surface area contributed by atoms with Crippen LogP contribution in [0.3, 0.4) is 0 Å². The molecule has 122 valence electrons. The average Bonchev–Trinajstić information content (AvgIpc) is 3.05. The number of benzene rings is 1. The summed E-state index contributed by atoms with van der Waals surface area (Å²) in [5.41, 5.74) is 4.01. The number of ether oxygens (including phenoxy) is 1. The summed E-state index contributed by atoms with van der Waals surface area (Å²) in [6, 6.07) is 11.9. The molecule has 3 aromatic rings. The number of hydrogen-bond donors (Lipinski definition) is 1. The highest BCUT2D eigenvalue weighted by atomic mass is 32.1. The molecule has 0 amide bonds. The van der Waals surface area contributed by atoms with Gasteiger partial charge in [-0.25, -0.2) is 4.98 Å². The zero-order valence-corrected chi connectivity index (χ0v) is 14.0. The van der Waals surface area contributed by atoms with Crippen molar-refractivity contribution in [2.45, 2.75) is 13.3 Å². The van der Waals surface area contributed by atoms with Crippen molar-refractivity contribution < 1.29 is 9.53 Å². The van der Waals surface area contributed by atoms with Crippen LogP contribution < -0.4 is 5.32 Å². The summed E-state index contributed by atoms with van der Waals surface area (Å²) in [4.78, 5) is 19.4. The Hall–Kier alpha value is -2.73. The Kier molecular flexibility index (Phi) is 5.18. The van der Waals surface area contributed by atoms with Gasteiger partial charge in [0.05, 0.1) is 12.3 Å². The van der Waals surface area contributed by atoms with Crippen molar-refractivity contribution in [1.29, 1.82) is 0 Å². The zero-order chi connectivity index (χ0) is 16.8. The molecule has 0 aliphatic heterocycles. The molecule has 1 aromatic carbocycles. The second-order valence-electron chi connectivity index (χ2n) is 5.19. The normalized spacial score (nSPS) is 10.4. The SMILES string of the molecule is CC(=O)OCCc1ccc(Nc2nc(-c3cccnc3)cs2)cc1. The standard InChI is InChI=1S/C18H17N3O2S/c1-13(22)23-10-8-14-4-6-16(7-5-14)20-18-21-17(12-24-18)15-3-2-9-19-11-15/h2-7,9,11-12H,8,10H2,1H3,(H,20,21). The molecule has 0 unspecified atom stereocenters. The molecule has 2 heterocycles. The molecular weight excluding hydrogens is 322 g/mol. The third-order valence-corrected chi connectivity index (χ3v) is 4.12. The minimum absolute atomic E-state index is 0.249. The van der Waals surface area contributed by atoms with E-state index in [0.29, 0.717) is 13.0 Å². The highest BCUT2D eigenvalue weighted by Crippen LogP contribution is 2.26. The smallest absolute Gasteiger partial charge is 0.302 e. The minimum Gasteiger partial charge on any atom is -0.466 e. The number of nitrogens with zero attached hydrogens (tertiary/aromatic N) is 2. The van der Waals surface area contributed by atoms with Crippen LogP contribution in [0.15, 0.2) is 54.2 Å². The molecule has 5 nitrogen and oxygen atoms in total. The van der Waals surface area contributed by atoms with Crippen LogP contribution in [0.5, 0.6) is 0 Å². The van der Waals surface area contributed by atoms with E-state index in [9.17, 15) is 4.79 Å². The number of thiazole rings is 1. The maximum absolute atomic E-state index is 10.8. The first-order valence-corrected chi connectivity index (χ1v) is 8.44. The van der Waals surface area contributed by atoms with E-state index in [1.54, 1.807) is 23.7 Å². The van der Waals surface area contributed by atoms with Crippen molar-refractivity contribution in [3.8, 4) is 11.3 Å². The fraction of sp³-hybridized carbons (Fsp3) is 0.167. The van der Waals surface area contributed by atoms with E-state index in [0.717, 1.165) is 27.6 Å². The van der Waals surface area contributed by atoms with E-state index < -0.39 is 0 Å². The first-order chi connectivity index (χ1) is 11.7. The van der Waals surface area contributed by atoms with Gasteiger partial charge in [0, 0.05) is 42.4 Å². The fourth-order valence-electron chi connectivity index (χ4n) is 2.17. The number of carbonyl (C=O) groups is 1. The number of nitrogens with one attached hydrogen (secondary N) is 1. The Morgan fingerprint density at radius 2 is 2.08 bits per heavy atom. The molecule has 1 N–H and O–H groups in total. The van der Waals surface area contributed by atoms with Crippen LogP contribution in [0, 0.1) is 0 Å². The largest absolute Gasteiger partial charge is 0.466 e. The summed E-state index contributed by atoms with van der Waals surface area (Å²) in [5, 5.41) is 6.14. The van der Waals surface area contributed by atoms with Gasteiger partial charge < -0.3 is 10.1 Å². The van der Waals surface area contributed by atoms with E-state index in [1.165, 1.54) is 6.92 Å². The molecule has 0 bridgehead atoms. The van der Waals surface area contributed by atoms with E-state index in [-0.39, 0.29) is 5.97 Å². The lowest BCUT2D eigenvalue weighted by molar-refractivity contribution is -0.140. The second kappa shape index (κ2) is 7.70. The predicted octanol–water partition coefficient (Wildman–Crippen LogP) is 4.05. The molecule has 0 saturated carbocycles. The number of pyridine rings is 1. The number of carbonyl (C=O) groups excluding carboxylic acids is 1. The average molecular weight is 339 g/mol. The first-order valence-electron chi connectivity index (χ1n) is 7.56. The van der Waals surface area contributed by atoms with Gasteiger partial charge in [0.25, 0.3) is 0 Å². The maximum atomic E-state index is 10.8. The molecule has 24 heavy (non-hydrogen) atoms. The molecule has 2 aromatic heterocycles. The molecule has 6 heteroatoms. The summed E-state index contributed by atoms with van der Waals surface area (Å²) in [6.07, 6.45) is 4.26. The van der Waals surface area contributed by atoms with Gasteiger partial charge in [0.15, 0.2) is 5.13 Å². The van der Waals surface area contributed by atoms with Crippen LogP contribution in [0.4, 0.5) is 10.8 Å². The second-order valence-corrected chi connectivity index (χ2v) is 6.05. The molecule has 0 spiro atoms. The lowest BCUT2D eigenvalue weighted by atomic mass is 10.1. The third-order valence-electron chi connectivity index (χ3n) is 3.36. The number of hydrogen-bond acceptors (Lipinski definition) is 6. The molecule has 0 aliphatic rings. The van der Waals surface area contributed by atoms with Gasteiger partial charge in [0.2, 0.25) is 0 Å². The van der Waals surface area contributed by atoms with E-state index >= 15 is 0 Å². The van der Waals surface area contributed by atoms with Gasteiger partial charge in [-0.15, -0.1) is 11.3 Å². The molecular formula is C18H17N3O2S. The first kappa shape index (κ1) is 16.1. The predicted molar refractivity (Wildman–Crippen MR) is 95.4 cm³/mol. The summed E-state index contributed by atoms with van der Waals surface area (Å²) in [5.74, 6) is -0.249. The zero-order valence-electron chi connectivity index (χ0n) is 13.2. The Balaban J connectivity index is 1.60. The molecule has 0 aliphatic carbocycles. The van der Waals surface area contributed by atoms with Gasteiger partial charge in [0.1, 0.15) is 0 Å². The molecule has 0 radical (unpaired) electrons. The lowest BCUT2D eigenvalue weighted by Crippen LogP contribution is -2.03. The van der Waals surface area contributed by atoms with Crippen LogP contribution in [-0.4, -0.2) is 22.5 Å². The van der Waals surface area contributed by atoms with Crippen molar-refractivity contribution in [1.82, 2.24) is 9.97 Å². The monoisotopic (exact) mass is 339 g/mol. The Morgan fingerprint density at radius 3 is 2.79 bits per heavy atom. The molecule has 0 atom stereocenters. The van der Waals surface area contributed by atoms with Crippen LogP contribution in [0.25, 0.3) is 11.3 Å². The highest BCUT2D eigenvalue weighted by Gasteiger charge is 2.05. The van der Waals surface area contributed by atoms with Crippen molar-refractivity contribution in [2.75, 3.05) is 11.9 Å². The molecule has 3 rings (SSSR count). The van der Waals surface area contributed by atoms with Crippen molar-refractivity contribution in [3.63, 3.8) is 0 Å². The van der Waals surface area contributed by atoms with E-state index in [2.05, 4.69) is 15.3 Å². The third kappa shape index (κ3) is 4.39. The number of rotatable bonds is 6. The van der Waals surface area contributed by atoms with Crippen molar-refractivity contribution >= 4 is 28.1 Å². The quantitative estimate of drug-likeness (QED) is 0.686. The van der Waals surface area contributed by atoms with E-state index in [1.807, 2.05) is 41.8 Å². The van der Waals surface area contributed by atoms with Gasteiger partial charge in [-0.1, -0.05) is 12.1 Å². The van der Waals surface area contributed by atoms with Crippen LogP contribution in [0.2, 0.25) is 0 Å². The molecule has 0 saturated heterocycles. The highest BCUT2D eigenvalue weighted by molar-refractivity contribution is 7.14. The van der Waals surface area contributed by atoms with Crippen molar-refractivity contribution in [2.24, 2.45) is 0 Å². The van der Waals surface area contributed by atoms with Crippen molar-refractivity contribution in [3.05, 3.63) is 59.7 Å². The topological polar surface area (TPSA) is 64.1 Å². The lowest BCUT2D eigenvalue weighted by Gasteiger charge is -2.05. The summed E-state index contributed by atoms with van der Waals surface area (Å²) < 4.78 is 4.95. The molecule has 0 fully saturated rings. The van der Waals surface area contributed by atoms with Gasteiger partial charge in [-0.3, -0.25) is 9.78 Å². The van der Waals surface area contributed by atoms with Gasteiger partial charge in [-0.05, 0) is 29.8 Å². The Morgan fingerprint density at radius 1 is 1.25 bits per heavy atom. The summed E-state index contributed by atoms with van der Waals surface area (Å²) in [6.45, 7) is 1.82. The van der Waals surface area contributed by atoms with Crippen LogP contribution in [0.1, 0.15) is 12.5 Å². The van der Waals surface area contributed by atoms with Gasteiger partial charge in [-0.2, -0.15) is 0 Å². The number of aromatic nitrogens is 2. The Bertz CT molecular complexity index is 801. The minimum atomic E-state index is -0.249.